The number of H-pyrrole nitrogens is 1. The zero-order chi connectivity index (χ0) is 8.97. The number of fused-ring (bicyclic) bond motifs is 1. The number of para-hydroxylation sites is 1. The Morgan fingerprint density at radius 3 is 2.31 bits per heavy atom. The van der Waals surface area contributed by atoms with Crippen molar-refractivity contribution >= 4 is 10.9 Å². The number of aryl methyl sites for hydroxylation is 1. The fourth-order valence-electron chi connectivity index (χ4n) is 1.22. The fourth-order valence-corrected chi connectivity index (χ4v) is 1.22. The van der Waals surface area contributed by atoms with E-state index in [1.54, 1.807) is 0 Å². The molecule has 0 aliphatic heterocycles. The normalized spacial score (nSPS) is 8.54. The minimum atomic E-state index is 0. The lowest BCUT2D eigenvalue weighted by molar-refractivity contribution is 1.30. The van der Waals surface area contributed by atoms with Gasteiger partial charge < -0.3 is 4.98 Å². The molecule has 1 N–H and O–H groups in total. The van der Waals surface area contributed by atoms with E-state index in [2.05, 4.69) is 36.2 Å². The van der Waals surface area contributed by atoms with Crippen molar-refractivity contribution in [2.75, 3.05) is 0 Å². The third kappa shape index (κ3) is 2.62. The molecule has 0 aliphatic carbocycles. The highest BCUT2D eigenvalue weighted by atomic mass is 14.7. The fraction of sp³-hybridized carbons (Fsp3) is 0.333. The number of rotatable bonds is 0. The van der Waals surface area contributed by atoms with Crippen LogP contribution in [0.25, 0.3) is 10.9 Å². The van der Waals surface area contributed by atoms with Crippen molar-refractivity contribution in [1.82, 2.24) is 4.98 Å². The zero-order valence-corrected chi connectivity index (χ0v) is 7.89. The van der Waals surface area contributed by atoms with Crippen LogP contribution in [0.5, 0.6) is 0 Å². The van der Waals surface area contributed by atoms with Gasteiger partial charge in [0.25, 0.3) is 0 Å². The van der Waals surface area contributed by atoms with Gasteiger partial charge in [0.2, 0.25) is 0 Å². The Hall–Kier alpha value is -1.24. The third-order valence-corrected chi connectivity index (χ3v) is 1.66. The van der Waals surface area contributed by atoms with Gasteiger partial charge in [0, 0.05) is 11.2 Å². The van der Waals surface area contributed by atoms with Gasteiger partial charge in [0.15, 0.2) is 0 Å². The maximum Gasteiger partial charge on any atom is 0.0455 e. The van der Waals surface area contributed by atoms with Crippen molar-refractivity contribution in [1.29, 1.82) is 0 Å². The van der Waals surface area contributed by atoms with Crippen LogP contribution < -0.4 is 0 Å². The van der Waals surface area contributed by atoms with E-state index in [0.717, 1.165) is 0 Å². The van der Waals surface area contributed by atoms with Crippen molar-refractivity contribution in [3.8, 4) is 0 Å². The topological polar surface area (TPSA) is 15.8 Å². The van der Waals surface area contributed by atoms with E-state index in [0.29, 0.717) is 0 Å². The van der Waals surface area contributed by atoms with Crippen molar-refractivity contribution in [3.63, 3.8) is 0 Å². The van der Waals surface area contributed by atoms with Crippen molar-refractivity contribution in [3.05, 3.63) is 36.0 Å². The molecule has 0 amide bonds. The molecule has 1 heterocycles. The van der Waals surface area contributed by atoms with Crippen LogP contribution in [-0.4, -0.2) is 4.98 Å². The van der Waals surface area contributed by atoms with Gasteiger partial charge >= 0.3 is 0 Å². The molecule has 0 fully saturated rings. The summed E-state index contributed by atoms with van der Waals surface area (Å²) < 4.78 is 0. The molecule has 72 valence electrons. The first-order chi connectivity index (χ1) is 5.86. The number of nitrogens with one attached hydrogen (secondary N) is 1. The Morgan fingerprint density at radius 1 is 1.08 bits per heavy atom. The standard InChI is InChI=1S/C9H9N.C2H6.CH4/c1-7-6-8-4-2-3-5-9(8)10-7;1-2;/h2-6,10H,1H3;1-2H3;1H4. The second kappa shape index (κ2) is 5.41. The summed E-state index contributed by atoms with van der Waals surface area (Å²) in [5.74, 6) is 0. The summed E-state index contributed by atoms with van der Waals surface area (Å²) in [5.41, 5.74) is 2.45. The largest absolute Gasteiger partial charge is 0.359 e. The lowest BCUT2D eigenvalue weighted by Crippen LogP contribution is -1.65. The van der Waals surface area contributed by atoms with Gasteiger partial charge in [-0.1, -0.05) is 39.5 Å². The number of aromatic amines is 1. The molecule has 0 radical (unpaired) electrons. The third-order valence-electron chi connectivity index (χ3n) is 1.66. The maximum atomic E-state index is 3.26. The SMILES string of the molecule is C.CC.Cc1cc2ccccc2[nH]1. The van der Waals surface area contributed by atoms with Crippen molar-refractivity contribution < 1.29 is 0 Å². The molecule has 2 rings (SSSR count). The molecule has 1 heteroatoms. The molecule has 0 aliphatic rings. The molecular weight excluding hydrogens is 158 g/mol. The first-order valence-corrected chi connectivity index (χ1v) is 4.40. The average molecular weight is 177 g/mol. The number of hydrogen-bond acceptors (Lipinski definition) is 0. The summed E-state index contributed by atoms with van der Waals surface area (Å²) in [7, 11) is 0. The van der Waals surface area contributed by atoms with Crippen LogP contribution in [0.4, 0.5) is 0 Å². The van der Waals surface area contributed by atoms with Crippen LogP contribution in [-0.2, 0) is 0 Å². The first kappa shape index (κ1) is 11.8. The number of benzene rings is 1. The second-order valence-corrected chi connectivity index (χ2v) is 2.54. The van der Waals surface area contributed by atoms with Crippen LogP contribution in [0.3, 0.4) is 0 Å². The molecule has 0 saturated heterocycles. The van der Waals surface area contributed by atoms with Crippen molar-refractivity contribution in [2.45, 2.75) is 28.2 Å². The molecular formula is C12H19N. The van der Waals surface area contributed by atoms with Crippen LogP contribution in [0, 0.1) is 6.92 Å². The van der Waals surface area contributed by atoms with E-state index in [-0.39, 0.29) is 7.43 Å². The summed E-state index contributed by atoms with van der Waals surface area (Å²) in [4.78, 5) is 3.26. The molecule has 0 atom stereocenters. The first-order valence-electron chi connectivity index (χ1n) is 4.40. The Morgan fingerprint density at radius 2 is 1.69 bits per heavy atom. The Bertz CT molecular complexity index is 314. The molecule has 0 saturated carbocycles. The molecule has 13 heavy (non-hydrogen) atoms. The van der Waals surface area contributed by atoms with Crippen molar-refractivity contribution in [2.24, 2.45) is 0 Å². The van der Waals surface area contributed by atoms with Gasteiger partial charge in [0.05, 0.1) is 0 Å². The van der Waals surface area contributed by atoms with E-state index in [9.17, 15) is 0 Å². The van der Waals surface area contributed by atoms with Gasteiger partial charge in [-0.15, -0.1) is 0 Å². The maximum absolute atomic E-state index is 3.26. The van der Waals surface area contributed by atoms with Crippen LogP contribution in [0.15, 0.2) is 30.3 Å². The minimum absolute atomic E-state index is 0. The predicted octanol–water partition coefficient (Wildman–Crippen LogP) is 4.14. The van der Waals surface area contributed by atoms with E-state index in [4.69, 9.17) is 0 Å². The van der Waals surface area contributed by atoms with Crippen LogP contribution in [0.2, 0.25) is 0 Å². The summed E-state index contributed by atoms with van der Waals surface area (Å²) in [5, 5.41) is 1.29. The molecule has 0 bridgehead atoms. The number of aromatic nitrogens is 1. The van der Waals surface area contributed by atoms with Crippen LogP contribution >= 0.6 is 0 Å². The predicted molar refractivity (Wildman–Crippen MR) is 61.1 cm³/mol. The minimum Gasteiger partial charge on any atom is -0.359 e. The number of hydrogen-bond donors (Lipinski definition) is 1. The highest BCUT2D eigenvalue weighted by molar-refractivity contribution is 5.79. The van der Waals surface area contributed by atoms with Gasteiger partial charge in [0.1, 0.15) is 0 Å². The smallest absolute Gasteiger partial charge is 0.0455 e. The molecule has 2 aromatic rings. The van der Waals surface area contributed by atoms with Crippen LogP contribution in [0.1, 0.15) is 27.0 Å². The summed E-state index contributed by atoms with van der Waals surface area (Å²) in [6, 6.07) is 10.4. The highest BCUT2D eigenvalue weighted by Gasteiger charge is 1.92. The van der Waals surface area contributed by atoms with E-state index < -0.39 is 0 Å². The Balaban J connectivity index is 0.000000451. The Labute approximate surface area is 80.8 Å². The quantitative estimate of drug-likeness (QED) is 0.622. The van der Waals surface area contributed by atoms with Gasteiger partial charge in [-0.2, -0.15) is 0 Å². The lowest BCUT2D eigenvalue weighted by Gasteiger charge is -1.83. The van der Waals surface area contributed by atoms with E-state index >= 15 is 0 Å². The summed E-state index contributed by atoms with van der Waals surface area (Å²) in [6.07, 6.45) is 0. The summed E-state index contributed by atoms with van der Waals surface area (Å²) >= 11 is 0. The van der Waals surface area contributed by atoms with Gasteiger partial charge in [-0.05, 0) is 24.4 Å². The second-order valence-electron chi connectivity index (χ2n) is 2.54. The highest BCUT2D eigenvalue weighted by Crippen LogP contribution is 2.12. The molecule has 1 nitrogen and oxygen atoms in total. The average Bonchev–Trinajstić information content (AvgIpc) is 2.48. The van der Waals surface area contributed by atoms with Gasteiger partial charge in [-0.25, -0.2) is 0 Å². The molecule has 0 unspecified atom stereocenters. The summed E-state index contributed by atoms with van der Waals surface area (Å²) in [6.45, 7) is 6.07. The monoisotopic (exact) mass is 177 g/mol. The van der Waals surface area contributed by atoms with Gasteiger partial charge in [-0.3, -0.25) is 0 Å². The lowest BCUT2D eigenvalue weighted by atomic mass is 10.2. The van der Waals surface area contributed by atoms with E-state index in [1.165, 1.54) is 16.6 Å². The molecule has 1 aromatic heterocycles. The molecule has 0 spiro atoms. The Kier molecular flexibility index (Phi) is 4.90. The molecule has 1 aromatic carbocycles. The zero-order valence-electron chi connectivity index (χ0n) is 7.89. The van der Waals surface area contributed by atoms with E-state index in [1.807, 2.05) is 19.9 Å².